The number of imide groups is 1. The number of esters is 1. The summed E-state index contributed by atoms with van der Waals surface area (Å²) in [7, 11) is 1.28. The highest BCUT2D eigenvalue weighted by molar-refractivity contribution is 6.09. The lowest BCUT2D eigenvalue weighted by Gasteiger charge is -2.22. The van der Waals surface area contributed by atoms with Crippen molar-refractivity contribution in [2.75, 3.05) is 13.7 Å². The van der Waals surface area contributed by atoms with Crippen LogP contribution in [0, 0.1) is 5.92 Å². The molecule has 1 unspecified atom stereocenters. The van der Waals surface area contributed by atoms with Crippen molar-refractivity contribution in [2.24, 2.45) is 5.92 Å². The molecular weight excluding hydrogens is 236 g/mol. The molecule has 2 aliphatic rings. The van der Waals surface area contributed by atoms with Gasteiger partial charge in [-0.2, -0.15) is 0 Å². The summed E-state index contributed by atoms with van der Waals surface area (Å²) >= 11 is 0. The summed E-state index contributed by atoms with van der Waals surface area (Å²) in [6, 6.07) is 0. The molecule has 2 amide bonds. The van der Waals surface area contributed by atoms with Gasteiger partial charge < -0.3 is 10.1 Å². The first-order chi connectivity index (χ1) is 8.63. The first-order valence-electron chi connectivity index (χ1n) is 6.02. The molecule has 0 aromatic carbocycles. The van der Waals surface area contributed by atoms with E-state index in [9.17, 15) is 14.4 Å². The second-order valence-corrected chi connectivity index (χ2v) is 4.44. The second-order valence-electron chi connectivity index (χ2n) is 4.44. The molecule has 0 spiro atoms. The molecule has 0 aromatic heterocycles. The van der Waals surface area contributed by atoms with Crippen molar-refractivity contribution >= 4 is 17.8 Å². The third-order valence-electron chi connectivity index (χ3n) is 3.24. The van der Waals surface area contributed by atoms with E-state index in [0.717, 1.165) is 25.1 Å². The number of piperidine rings is 1. The zero-order valence-corrected chi connectivity index (χ0v) is 10.2. The molecule has 0 saturated carbocycles. The Morgan fingerprint density at radius 1 is 1.33 bits per heavy atom. The molecule has 6 heteroatoms. The Kier molecular flexibility index (Phi) is 3.64. The summed E-state index contributed by atoms with van der Waals surface area (Å²) in [5.74, 6) is -2.01. The fraction of sp³-hybridized carbons (Fsp3) is 0.583. The van der Waals surface area contributed by atoms with E-state index < -0.39 is 17.8 Å². The maximum Gasteiger partial charge on any atom is 0.336 e. The minimum absolute atomic E-state index is 0.0223. The third kappa shape index (κ3) is 2.37. The Labute approximate surface area is 105 Å². The number of ether oxygens (including phenoxy) is 1. The highest BCUT2D eigenvalue weighted by Gasteiger charge is 2.38. The van der Waals surface area contributed by atoms with Gasteiger partial charge in [0.25, 0.3) is 0 Å². The van der Waals surface area contributed by atoms with Gasteiger partial charge in [-0.15, -0.1) is 0 Å². The van der Waals surface area contributed by atoms with Gasteiger partial charge in [0.1, 0.15) is 0 Å². The van der Waals surface area contributed by atoms with Gasteiger partial charge in [0.2, 0.25) is 11.8 Å². The van der Waals surface area contributed by atoms with Crippen LogP contribution in [0.2, 0.25) is 0 Å². The monoisotopic (exact) mass is 252 g/mol. The number of rotatable bonds is 2. The molecule has 2 heterocycles. The van der Waals surface area contributed by atoms with Crippen molar-refractivity contribution in [1.29, 1.82) is 0 Å². The quantitative estimate of drug-likeness (QED) is 0.405. The Bertz CT molecular complexity index is 420. The molecule has 0 aliphatic carbocycles. The predicted molar refractivity (Wildman–Crippen MR) is 62.2 cm³/mol. The normalized spacial score (nSPS) is 26.4. The molecule has 6 nitrogen and oxygen atoms in total. The highest BCUT2D eigenvalue weighted by Crippen LogP contribution is 2.27. The van der Waals surface area contributed by atoms with Gasteiger partial charge >= 0.3 is 5.97 Å². The largest absolute Gasteiger partial charge is 0.466 e. The van der Waals surface area contributed by atoms with E-state index in [1.54, 1.807) is 0 Å². The van der Waals surface area contributed by atoms with Gasteiger partial charge in [-0.25, -0.2) is 4.79 Å². The second kappa shape index (κ2) is 5.20. The molecule has 2 aliphatic heterocycles. The topological polar surface area (TPSA) is 84.5 Å². The maximum atomic E-state index is 11.8. The summed E-state index contributed by atoms with van der Waals surface area (Å²) in [5, 5.41) is 5.35. The fourth-order valence-corrected chi connectivity index (χ4v) is 2.36. The van der Waals surface area contributed by atoms with E-state index in [1.807, 2.05) is 0 Å². The van der Waals surface area contributed by atoms with Crippen molar-refractivity contribution in [3.05, 3.63) is 11.3 Å². The van der Waals surface area contributed by atoms with Crippen LogP contribution in [0.3, 0.4) is 0 Å². The van der Waals surface area contributed by atoms with Crippen molar-refractivity contribution < 1.29 is 19.1 Å². The number of allylic oxidation sites excluding steroid dienone is 1. The summed E-state index contributed by atoms with van der Waals surface area (Å²) in [4.78, 5) is 34.8. The van der Waals surface area contributed by atoms with Crippen LogP contribution < -0.4 is 10.6 Å². The van der Waals surface area contributed by atoms with Gasteiger partial charge in [-0.05, 0) is 19.3 Å². The van der Waals surface area contributed by atoms with Crippen molar-refractivity contribution in [2.45, 2.75) is 25.7 Å². The number of nitrogens with one attached hydrogen (secondary N) is 2. The van der Waals surface area contributed by atoms with Crippen LogP contribution in [-0.2, 0) is 19.1 Å². The van der Waals surface area contributed by atoms with E-state index in [4.69, 9.17) is 4.74 Å². The van der Waals surface area contributed by atoms with E-state index in [-0.39, 0.29) is 12.3 Å². The van der Waals surface area contributed by atoms with E-state index in [0.29, 0.717) is 12.0 Å². The number of carbonyl (C=O) groups excluding carboxylic acids is 3. The molecule has 2 fully saturated rings. The smallest absolute Gasteiger partial charge is 0.336 e. The Balaban J connectivity index is 2.33. The lowest BCUT2D eigenvalue weighted by molar-refractivity contribution is -0.138. The molecule has 2 rings (SSSR count). The number of amides is 2. The van der Waals surface area contributed by atoms with Crippen LogP contribution in [0.5, 0.6) is 0 Å². The SMILES string of the molecule is COC(=O)/C(=C1/CCCCN1)C1CC(=O)NC1=O. The van der Waals surface area contributed by atoms with Gasteiger partial charge in [0.15, 0.2) is 0 Å². The van der Waals surface area contributed by atoms with Gasteiger partial charge in [0, 0.05) is 18.7 Å². The average molecular weight is 252 g/mol. The summed E-state index contributed by atoms with van der Waals surface area (Å²) in [6.07, 6.45) is 2.73. The van der Waals surface area contributed by atoms with E-state index in [1.165, 1.54) is 7.11 Å². The highest BCUT2D eigenvalue weighted by atomic mass is 16.5. The van der Waals surface area contributed by atoms with Gasteiger partial charge in [0.05, 0.1) is 18.6 Å². The Morgan fingerprint density at radius 3 is 2.61 bits per heavy atom. The Morgan fingerprint density at radius 2 is 2.11 bits per heavy atom. The number of hydrogen-bond donors (Lipinski definition) is 2. The van der Waals surface area contributed by atoms with Crippen LogP contribution in [0.1, 0.15) is 25.7 Å². The molecule has 98 valence electrons. The van der Waals surface area contributed by atoms with Crippen molar-refractivity contribution in [1.82, 2.24) is 10.6 Å². The van der Waals surface area contributed by atoms with Gasteiger partial charge in [-0.1, -0.05) is 0 Å². The molecule has 0 bridgehead atoms. The maximum absolute atomic E-state index is 11.8. The molecule has 18 heavy (non-hydrogen) atoms. The number of methoxy groups -OCH3 is 1. The minimum Gasteiger partial charge on any atom is -0.466 e. The van der Waals surface area contributed by atoms with Gasteiger partial charge in [-0.3, -0.25) is 14.9 Å². The van der Waals surface area contributed by atoms with Crippen molar-refractivity contribution in [3.63, 3.8) is 0 Å². The standard InChI is InChI=1S/C12H16N2O4/c1-18-12(17)10(8-4-2-3-5-13-8)7-6-9(15)14-11(7)16/h7,13H,2-6H2,1H3,(H,14,15,16)/b10-8-. The predicted octanol–water partition coefficient (Wildman–Crippen LogP) is -0.150. The van der Waals surface area contributed by atoms with Crippen molar-refractivity contribution in [3.8, 4) is 0 Å². The van der Waals surface area contributed by atoms with E-state index >= 15 is 0 Å². The molecular formula is C12H16N2O4. The van der Waals surface area contributed by atoms with Crippen LogP contribution >= 0.6 is 0 Å². The zero-order valence-electron chi connectivity index (χ0n) is 10.2. The Hall–Kier alpha value is -1.85. The summed E-state index contributed by atoms with van der Waals surface area (Å²) in [6.45, 7) is 0.776. The van der Waals surface area contributed by atoms with Crippen LogP contribution in [0.4, 0.5) is 0 Å². The molecule has 1 atom stereocenters. The van der Waals surface area contributed by atoms with E-state index in [2.05, 4.69) is 10.6 Å². The average Bonchev–Trinajstić information content (AvgIpc) is 2.70. The molecule has 0 radical (unpaired) electrons. The summed E-state index contributed by atoms with van der Waals surface area (Å²) in [5.41, 5.74) is 1.04. The van der Waals surface area contributed by atoms with Crippen LogP contribution in [0.25, 0.3) is 0 Å². The fourth-order valence-electron chi connectivity index (χ4n) is 2.36. The zero-order chi connectivity index (χ0) is 13.1. The minimum atomic E-state index is -0.717. The van der Waals surface area contributed by atoms with Crippen LogP contribution in [-0.4, -0.2) is 31.4 Å². The first-order valence-corrected chi connectivity index (χ1v) is 6.02. The number of carbonyl (C=O) groups is 3. The lowest BCUT2D eigenvalue weighted by Crippen LogP contribution is -2.30. The third-order valence-corrected chi connectivity index (χ3v) is 3.24. The number of hydrogen-bond acceptors (Lipinski definition) is 5. The molecule has 2 saturated heterocycles. The lowest BCUT2D eigenvalue weighted by atomic mass is 9.92. The molecule has 0 aromatic rings. The molecule has 2 N–H and O–H groups in total. The van der Waals surface area contributed by atoms with Crippen LogP contribution in [0.15, 0.2) is 11.3 Å². The first kappa shape index (κ1) is 12.6. The summed E-state index contributed by atoms with van der Waals surface area (Å²) < 4.78 is 4.73.